The smallest absolute Gasteiger partial charge is 0.204 e. The summed E-state index contributed by atoms with van der Waals surface area (Å²) < 4.78 is 15.4. The number of anilines is 1. The van der Waals surface area contributed by atoms with Crippen LogP contribution >= 0.6 is 0 Å². The minimum Gasteiger partial charge on any atom is -0.397 e. The van der Waals surface area contributed by atoms with Gasteiger partial charge in [-0.2, -0.15) is 0 Å². The van der Waals surface area contributed by atoms with Gasteiger partial charge < -0.3 is 20.3 Å². The van der Waals surface area contributed by atoms with Gasteiger partial charge in [-0.3, -0.25) is 0 Å². The third-order valence-electron chi connectivity index (χ3n) is 4.58. The Morgan fingerprint density at radius 3 is 2.52 bits per heavy atom. The highest BCUT2D eigenvalue weighted by molar-refractivity contribution is 5.78. The molecule has 1 aromatic heterocycles. The molecule has 0 bridgehead atoms. The van der Waals surface area contributed by atoms with Crippen LogP contribution < -0.4 is 10.6 Å². The lowest BCUT2D eigenvalue weighted by atomic mass is 10.1. The number of aliphatic hydroxyl groups excluding tert-OH is 1. The molecule has 0 radical (unpaired) electrons. The van der Waals surface area contributed by atoms with Crippen molar-refractivity contribution in [3.8, 4) is 0 Å². The topological polar surface area (TPSA) is 62.1 Å². The first-order valence-electron chi connectivity index (χ1n) is 9.49. The quantitative estimate of drug-likeness (QED) is 0.659. The first-order valence-corrected chi connectivity index (χ1v) is 9.49. The van der Waals surface area contributed by atoms with Crippen LogP contribution in [-0.2, 0) is 6.54 Å². The molecule has 27 heavy (non-hydrogen) atoms. The largest absolute Gasteiger partial charge is 0.397 e. The molecule has 4 rings (SSSR count). The molecule has 2 heterocycles. The van der Waals surface area contributed by atoms with Crippen molar-refractivity contribution in [2.75, 3.05) is 25.0 Å². The molecule has 1 aliphatic rings. The maximum atomic E-state index is 13.2. The van der Waals surface area contributed by atoms with E-state index in [4.69, 9.17) is 10.1 Å². The van der Waals surface area contributed by atoms with Crippen LogP contribution in [0.5, 0.6) is 0 Å². The van der Waals surface area contributed by atoms with Gasteiger partial charge in [-0.05, 0) is 62.7 Å². The number of nitrogens with one attached hydrogen (secondary N) is 2. The highest BCUT2D eigenvalue weighted by atomic mass is 19.1. The zero-order valence-corrected chi connectivity index (χ0v) is 15.7. The Morgan fingerprint density at radius 1 is 1.15 bits per heavy atom. The molecule has 1 saturated heterocycles. The van der Waals surface area contributed by atoms with E-state index >= 15 is 0 Å². The number of imidazole rings is 1. The van der Waals surface area contributed by atoms with Crippen LogP contribution in [0.25, 0.3) is 11.0 Å². The average molecular weight is 370 g/mol. The molecular weight excluding hydrogens is 343 g/mol. The van der Waals surface area contributed by atoms with Crippen molar-refractivity contribution in [3.63, 3.8) is 0 Å². The summed E-state index contributed by atoms with van der Waals surface area (Å²) in [4.78, 5) is 4.78. The number of fused-ring (bicyclic) bond motifs is 1. The molecule has 2 aromatic carbocycles. The van der Waals surface area contributed by atoms with Crippen LogP contribution in [0.15, 0.2) is 48.5 Å². The molecule has 0 saturated carbocycles. The summed E-state index contributed by atoms with van der Waals surface area (Å²) in [5, 5.41) is 14.6. The van der Waals surface area contributed by atoms with Crippen LogP contribution in [0.1, 0.15) is 25.3 Å². The lowest BCUT2D eigenvalue weighted by Crippen LogP contribution is -2.36. The molecule has 3 aromatic rings. The molecule has 0 amide bonds. The van der Waals surface area contributed by atoms with Gasteiger partial charge in [0, 0.05) is 12.6 Å². The van der Waals surface area contributed by atoms with Crippen molar-refractivity contribution >= 4 is 17.0 Å². The van der Waals surface area contributed by atoms with Gasteiger partial charge in [-0.25, -0.2) is 9.37 Å². The zero-order chi connectivity index (χ0) is 19.1. The molecule has 0 unspecified atom stereocenters. The van der Waals surface area contributed by atoms with Crippen LogP contribution in [0.4, 0.5) is 10.3 Å². The molecule has 6 heteroatoms. The number of benzene rings is 2. The summed E-state index contributed by atoms with van der Waals surface area (Å²) in [6.45, 7) is 4.68. The van der Waals surface area contributed by atoms with E-state index in [9.17, 15) is 4.39 Å². The average Bonchev–Trinajstić information content (AvgIpc) is 3.02. The van der Waals surface area contributed by atoms with Gasteiger partial charge >= 0.3 is 0 Å². The number of halogens is 1. The van der Waals surface area contributed by atoms with Crippen LogP contribution in [0, 0.1) is 5.82 Å². The van der Waals surface area contributed by atoms with Crippen LogP contribution in [-0.4, -0.2) is 40.4 Å². The second-order valence-electron chi connectivity index (χ2n) is 6.62. The van der Waals surface area contributed by atoms with E-state index in [0.717, 1.165) is 48.5 Å². The predicted molar refractivity (Wildman–Crippen MR) is 108 cm³/mol. The van der Waals surface area contributed by atoms with Gasteiger partial charge in [0.2, 0.25) is 5.95 Å². The van der Waals surface area contributed by atoms with Crippen molar-refractivity contribution in [2.24, 2.45) is 0 Å². The molecule has 1 aliphatic heterocycles. The van der Waals surface area contributed by atoms with E-state index in [-0.39, 0.29) is 12.4 Å². The Bertz CT molecular complexity index is 841. The molecule has 0 spiro atoms. The molecule has 5 nitrogen and oxygen atoms in total. The molecule has 3 N–H and O–H groups in total. The number of para-hydroxylation sites is 2. The van der Waals surface area contributed by atoms with E-state index < -0.39 is 0 Å². The highest BCUT2D eigenvalue weighted by Crippen LogP contribution is 2.23. The fourth-order valence-corrected chi connectivity index (χ4v) is 3.27. The van der Waals surface area contributed by atoms with Gasteiger partial charge in [0.15, 0.2) is 0 Å². The number of nitrogens with zero attached hydrogens (tertiary/aromatic N) is 2. The lowest BCUT2D eigenvalue weighted by molar-refractivity contribution is 0.318. The summed E-state index contributed by atoms with van der Waals surface area (Å²) in [5.41, 5.74) is 3.14. The van der Waals surface area contributed by atoms with Gasteiger partial charge in [0.1, 0.15) is 5.82 Å². The standard InChI is InChI=1S/C19H21FN4.C2H6O/c20-15-7-5-14(6-8-15)13-24-18-4-2-1-3-17(18)23-19(24)22-16-9-11-21-12-10-16;1-2-3/h1-8,16,21H,9-13H2,(H,22,23);3H,2H2,1H3. The minimum atomic E-state index is -0.206. The maximum Gasteiger partial charge on any atom is 0.204 e. The molecule has 0 aliphatic carbocycles. The number of aliphatic hydroxyl groups is 1. The van der Waals surface area contributed by atoms with Gasteiger partial charge in [-0.1, -0.05) is 24.3 Å². The van der Waals surface area contributed by atoms with Crippen molar-refractivity contribution in [3.05, 3.63) is 59.9 Å². The third kappa shape index (κ3) is 5.05. The lowest BCUT2D eigenvalue weighted by Gasteiger charge is -2.24. The Balaban J connectivity index is 0.000000659. The molecule has 1 fully saturated rings. The van der Waals surface area contributed by atoms with Gasteiger partial charge in [0.25, 0.3) is 0 Å². The van der Waals surface area contributed by atoms with Gasteiger partial charge in [0.05, 0.1) is 17.6 Å². The van der Waals surface area contributed by atoms with E-state index in [0.29, 0.717) is 12.6 Å². The summed E-state index contributed by atoms with van der Waals surface area (Å²) in [5.74, 6) is 0.690. The second kappa shape index (κ2) is 9.48. The van der Waals surface area contributed by atoms with Gasteiger partial charge in [-0.15, -0.1) is 0 Å². The van der Waals surface area contributed by atoms with Crippen molar-refractivity contribution < 1.29 is 9.50 Å². The van der Waals surface area contributed by atoms with Crippen LogP contribution in [0.2, 0.25) is 0 Å². The number of hydrogen-bond acceptors (Lipinski definition) is 4. The summed E-state index contributed by atoms with van der Waals surface area (Å²) >= 11 is 0. The number of aromatic nitrogens is 2. The monoisotopic (exact) mass is 370 g/mol. The minimum absolute atomic E-state index is 0.206. The second-order valence-corrected chi connectivity index (χ2v) is 6.62. The fraction of sp³-hybridized carbons (Fsp3) is 0.381. The molecular formula is C21H27FN4O. The third-order valence-corrected chi connectivity index (χ3v) is 4.58. The summed E-state index contributed by atoms with van der Waals surface area (Å²) in [6.07, 6.45) is 2.19. The number of rotatable bonds is 4. The zero-order valence-electron chi connectivity index (χ0n) is 15.7. The molecule has 144 valence electrons. The van der Waals surface area contributed by atoms with E-state index in [1.165, 1.54) is 12.1 Å². The van der Waals surface area contributed by atoms with E-state index in [1.807, 2.05) is 30.3 Å². The SMILES string of the molecule is CCO.Fc1ccc(Cn2c(NC3CCNCC3)nc3ccccc32)cc1. The van der Waals surface area contributed by atoms with E-state index in [2.05, 4.69) is 21.3 Å². The number of hydrogen-bond donors (Lipinski definition) is 3. The maximum absolute atomic E-state index is 13.2. The number of piperidine rings is 1. The normalized spacial score (nSPS) is 14.6. The first-order chi connectivity index (χ1) is 13.2. The fourth-order valence-electron chi connectivity index (χ4n) is 3.27. The Kier molecular flexibility index (Phi) is 6.79. The summed E-state index contributed by atoms with van der Waals surface area (Å²) in [7, 11) is 0. The predicted octanol–water partition coefficient (Wildman–Crippen LogP) is 3.39. The summed E-state index contributed by atoms with van der Waals surface area (Å²) in [6, 6.07) is 15.3. The van der Waals surface area contributed by atoms with Crippen molar-refractivity contribution in [1.82, 2.24) is 14.9 Å². The Morgan fingerprint density at radius 2 is 1.81 bits per heavy atom. The Labute approximate surface area is 159 Å². The van der Waals surface area contributed by atoms with Crippen molar-refractivity contribution in [1.29, 1.82) is 0 Å². The van der Waals surface area contributed by atoms with Crippen LogP contribution in [0.3, 0.4) is 0 Å². The van der Waals surface area contributed by atoms with E-state index in [1.54, 1.807) is 6.92 Å². The highest BCUT2D eigenvalue weighted by Gasteiger charge is 2.17. The first kappa shape index (κ1) is 19.3. The van der Waals surface area contributed by atoms with Crippen molar-refractivity contribution in [2.45, 2.75) is 32.4 Å². The molecule has 0 atom stereocenters. The Hall–Kier alpha value is -2.44.